The molecule has 4 nitrogen and oxygen atoms in total. The first-order valence-electron chi connectivity index (χ1n) is 5.61. The summed E-state index contributed by atoms with van der Waals surface area (Å²) in [5.74, 6) is 0.144. The summed E-state index contributed by atoms with van der Waals surface area (Å²) in [6.07, 6.45) is 2.50. The summed E-state index contributed by atoms with van der Waals surface area (Å²) in [7, 11) is -1.40. The smallest absolute Gasteiger partial charge is 0.213 e. The molecule has 0 saturated heterocycles. The average Bonchev–Trinajstić information content (AvgIpc) is 2.23. The van der Waals surface area contributed by atoms with Crippen molar-refractivity contribution in [2.24, 2.45) is 0 Å². The van der Waals surface area contributed by atoms with Crippen LogP contribution in [0.3, 0.4) is 0 Å². The number of hydrogen-bond acceptors (Lipinski definition) is 3. The van der Waals surface area contributed by atoms with Crippen LogP contribution in [0.25, 0.3) is 0 Å². The molecule has 0 amide bonds. The zero-order valence-corrected chi connectivity index (χ0v) is 11.1. The minimum absolute atomic E-state index is 0.144. The van der Waals surface area contributed by atoms with Crippen LogP contribution in [0.5, 0.6) is 0 Å². The molecule has 0 unspecified atom stereocenters. The van der Waals surface area contributed by atoms with Gasteiger partial charge in [-0.05, 0) is 26.3 Å². The molecule has 0 fully saturated rings. The van der Waals surface area contributed by atoms with Gasteiger partial charge in [-0.2, -0.15) is 0 Å². The molecule has 0 saturated carbocycles. The van der Waals surface area contributed by atoms with E-state index in [2.05, 4.69) is 10.0 Å². The van der Waals surface area contributed by atoms with Crippen molar-refractivity contribution in [2.75, 3.05) is 19.3 Å². The predicted molar refractivity (Wildman–Crippen MR) is 64.5 cm³/mol. The van der Waals surface area contributed by atoms with E-state index in [1.54, 1.807) is 7.05 Å². The van der Waals surface area contributed by atoms with E-state index >= 15 is 0 Å². The molecule has 0 heterocycles. The number of hydrogen-bond donors (Lipinski definition) is 2. The van der Waals surface area contributed by atoms with Gasteiger partial charge in [0.25, 0.3) is 0 Å². The molecule has 0 bridgehead atoms. The third-order valence-electron chi connectivity index (χ3n) is 3.02. The van der Waals surface area contributed by atoms with Crippen molar-refractivity contribution in [3.05, 3.63) is 0 Å². The van der Waals surface area contributed by atoms with Crippen LogP contribution in [0.1, 0.15) is 40.0 Å². The Hall–Kier alpha value is -0.130. The SMILES string of the molecule is CCC(CC)(CC)NS(=O)(=O)CCNC. The Morgan fingerprint density at radius 1 is 1.07 bits per heavy atom. The lowest BCUT2D eigenvalue weighted by molar-refractivity contribution is 0.341. The monoisotopic (exact) mass is 236 g/mol. The molecule has 0 aliphatic rings. The summed E-state index contributed by atoms with van der Waals surface area (Å²) in [5, 5.41) is 2.84. The molecule has 0 aliphatic heterocycles. The molecule has 0 aliphatic carbocycles. The highest BCUT2D eigenvalue weighted by atomic mass is 32.2. The average molecular weight is 236 g/mol. The van der Waals surface area contributed by atoms with E-state index in [0.717, 1.165) is 19.3 Å². The van der Waals surface area contributed by atoms with Gasteiger partial charge in [0.1, 0.15) is 0 Å². The van der Waals surface area contributed by atoms with E-state index < -0.39 is 10.0 Å². The first-order chi connectivity index (χ1) is 6.95. The van der Waals surface area contributed by atoms with Gasteiger partial charge >= 0.3 is 0 Å². The number of nitrogens with one attached hydrogen (secondary N) is 2. The fraction of sp³-hybridized carbons (Fsp3) is 1.00. The Morgan fingerprint density at radius 3 is 1.87 bits per heavy atom. The maximum atomic E-state index is 11.7. The zero-order chi connectivity index (χ0) is 11.9. The van der Waals surface area contributed by atoms with Crippen LogP contribution in [0.4, 0.5) is 0 Å². The highest BCUT2D eigenvalue weighted by Crippen LogP contribution is 2.20. The predicted octanol–water partition coefficient (Wildman–Crippen LogP) is 1.09. The molecule has 0 aromatic rings. The van der Waals surface area contributed by atoms with Crippen molar-refractivity contribution in [1.29, 1.82) is 0 Å². The van der Waals surface area contributed by atoms with Crippen LogP contribution < -0.4 is 10.0 Å². The summed E-state index contributed by atoms with van der Waals surface area (Å²) in [4.78, 5) is 0. The summed E-state index contributed by atoms with van der Waals surface area (Å²) in [6, 6.07) is 0. The summed E-state index contributed by atoms with van der Waals surface area (Å²) < 4.78 is 26.3. The first kappa shape index (κ1) is 14.9. The van der Waals surface area contributed by atoms with E-state index in [9.17, 15) is 8.42 Å². The van der Waals surface area contributed by atoms with Crippen LogP contribution in [-0.4, -0.2) is 33.3 Å². The quantitative estimate of drug-likeness (QED) is 0.663. The van der Waals surface area contributed by atoms with Gasteiger partial charge < -0.3 is 5.32 Å². The van der Waals surface area contributed by atoms with E-state index in [-0.39, 0.29) is 11.3 Å². The lowest BCUT2D eigenvalue weighted by atomic mass is 9.91. The fourth-order valence-electron chi connectivity index (χ4n) is 1.58. The van der Waals surface area contributed by atoms with E-state index in [4.69, 9.17) is 0 Å². The topological polar surface area (TPSA) is 58.2 Å². The molecule has 2 N–H and O–H groups in total. The third kappa shape index (κ3) is 4.95. The Balaban J connectivity index is 4.52. The highest BCUT2D eigenvalue weighted by Gasteiger charge is 2.28. The van der Waals surface area contributed by atoms with Crippen molar-refractivity contribution in [2.45, 2.75) is 45.6 Å². The van der Waals surface area contributed by atoms with Crippen LogP contribution in [0.2, 0.25) is 0 Å². The van der Waals surface area contributed by atoms with Gasteiger partial charge in [-0.25, -0.2) is 13.1 Å². The molecule has 0 aromatic carbocycles. The molecular formula is C10H24N2O2S. The van der Waals surface area contributed by atoms with Gasteiger partial charge in [0.2, 0.25) is 10.0 Å². The van der Waals surface area contributed by atoms with Crippen molar-refractivity contribution in [3.63, 3.8) is 0 Å². The van der Waals surface area contributed by atoms with Gasteiger partial charge in [-0.15, -0.1) is 0 Å². The minimum atomic E-state index is -3.15. The highest BCUT2D eigenvalue weighted by molar-refractivity contribution is 7.89. The maximum Gasteiger partial charge on any atom is 0.213 e. The molecule has 0 aromatic heterocycles. The lowest BCUT2D eigenvalue weighted by Crippen LogP contribution is -2.48. The lowest BCUT2D eigenvalue weighted by Gasteiger charge is -2.31. The zero-order valence-electron chi connectivity index (χ0n) is 10.3. The Morgan fingerprint density at radius 2 is 1.53 bits per heavy atom. The van der Waals surface area contributed by atoms with Crippen molar-refractivity contribution in [3.8, 4) is 0 Å². The Bertz CT molecular complexity index is 250. The standard InChI is InChI=1S/C10H24N2O2S/c1-5-10(6-2,7-3)12-15(13,14)9-8-11-4/h11-12H,5-9H2,1-4H3. The summed E-state index contributed by atoms with van der Waals surface area (Å²) in [5.41, 5.74) is -0.257. The molecule has 0 radical (unpaired) electrons. The second-order valence-corrected chi connectivity index (χ2v) is 5.71. The molecular weight excluding hydrogens is 212 g/mol. The van der Waals surface area contributed by atoms with Crippen molar-refractivity contribution < 1.29 is 8.42 Å². The summed E-state index contributed by atoms with van der Waals surface area (Å²) >= 11 is 0. The second-order valence-electron chi connectivity index (χ2n) is 3.87. The van der Waals surface area contributed by atoms with Crippen LogP contribution in [-0.2, 0) is 10.0 Å². The molecule has 0 atom stereocenters. The minimum Gasteiger partial charge on any atom is -0.319 e. The molecule has 0 spiro atoms. The fourth-order valence-corrected chi connectivity index (χ4v) is 3.25. The molecule has 5 heteroatoms. The van der Waals surface area contributed by atoms with E-state index in [1.807, 2.05) is 20.8 Å². The van der Waals surface area contributed by atoms with Crippen molar-refractivity contribution in [1.82, 2.24) is 10.0 Å². The Labute approximate surface area is 93.9 Å². The van der Waals surface area contributed by atoms with Crippen LogP contribution in [0.15, 0.2) is 0 Å². The van der Waals surface area contributed by atoms with Gasteiger partial charge in [0, 0.05) is 12.1 Å². The molecule has 15 heavy (non-hydrogen) atoms. The van der Waals surface area contributed by atoms with Crippen molar-refractivity contribution >= 4 is 10.0 Å². The third-order valence-corrected chi connectivity index (χ3v) is 4.51. The largest absolute Gasteiger partial charge is 0.319 e. The maximum absolute atomic E-state index is 11.7. The molecule has 92 valence electrons. The van der Waals surface area contributed by atoms with E-state index in [0.29, 0.717) is 6.54 Å². The second kappa shape index (κ2) is 6.45. The Kier molecular flexibility index (Phi) is 6.40. The van der Waals surface area contributed by atoms with Gasteiger partial charge in [-0.1, -0.05) is 20.8 Å². The van der Waals surface area contributed by atoms with Gasteiger partial charge in [0.15, 0.2) is 0 Å². The summed E-state index contributed by atoms with van der Waals surface area (Å²) in [6.45, 7) is 6.55. The first-order valence-corrected chi connectivity index (χ1v) is 7.26. The van der Waals surface area contributed by atoms with Gasteiger partial charge in [-0.3, -0.25) is 0 Å². The van der Waals surface area contributed by atoms with E-state index in [1.165, 1.54) is 0 Å². The molecule has 0 rings (SSSR count). The van der Waals surface area contributed by atoms with Gasteiger partial charge in [0.05, 0.1) is 5.75 Å². The van der Waals surface area contributed by atoms with Crippen LogP contribution >= 0.6 is 0 Å². The number of rotatable bonds is 8. The normalized spacial score (nSPS) is 13.1. The number of sulfonamides is 1. The van der Waals surface area contributed by atoms with Crippen LogP contribution in [0, 0.1) is 0 Å².